The summed E-state index contributed by atoms with van der Waals surface area (Å²) in [5, 5.41) is 14.1. The molecule has 1 heterocycles. The largest absolute Gasteiger partial charge is 0.508 e. The first-order valence-electron chi connectivity index (χ1n) is 5.43. The second-order valence-electron chi connectivity index (χ2n) is 4.21. The Morgan fingerprint density at radius 2 is 2.12 bits per heavy atom. The number of phenols is 1. The molecule has 0 aromatic heterocycles. The van der Waals surface area contributed by atoms with E-state index in [4.69, 9.17) is 0 Å². The highest BCUT2D eigenvalue weighted by atomic mass is 32.2. The van der Waals surface area contributed by atoms with E-state index in [9.17, 15) is 13.5 Å². The van der Waals surface area contributed by atoms with E-state index >= 15 is 0 Å². The van der Waals surface area contributed by atoms with Crippen LogP contribution in [-0.2, 0) is 9.84 Å². The van der Waals surface area contributed by atoms with Crippen LogP contribution in [0.1, 0.15) is 18.5 Å². The summed E-state index contributed by atoms with van der Waals surface area (Å²) in [5.41, 5.74) is 0.769. The van der Waals surface area contributed by atoms with Crippen LogP contribution in [0.3, 0.4) is 0 Å². The molecule has 5 heteroatoms. The van der Waals surface area contributed by atoms with Gasteiger partial charge in [0.15, 0.2) is 9.84 Å². The zero-order valence-electron chi connectivity index (χ0n) is 9.50. The van der Waals surface area contributed by atoms with E-state index in [2.05, 4.69) is 5.32 Å². The molecule has 0 amide bonds. The second kappa shape index (κ2) is 4.50. The lowest BCUT2D eigenvalue weighted by atomic mass is 10.1. The van der Waals surface area contributed by atoms with E-state index in [0.29, 0.717) is 0 Å². The minimum absolute atomic E-state index is 0.0882. The van der Waals surface area contributed by atoms with Gasteiger partial charge < -0.3 is 10.4 Å². The first kappa shape index (κ1) is 12.1. The van der Waals surface area contributed by atoms with E-state index in [-0.39, 0.29) is 23.6 Å². The second-order valence-corrected chi connectivity index (χ2v) is 6.14. The molecule has 2 unspecified atom stereocenters. The van der Waals surface area contributed by atoms with Crippen molar-refractivity contribution < 1.29 is 13.5 Å². The summed E-state index contributed by atoms with van der Waals surface area (Å²) in [7, 11) is -3.04. The number of sulfone groups is 1. The van der Waals surface area contributed by atoms with Crippen molar-refractivity contribution in [2.24, 2.45) is 0 Å². The third-order valence-corrected chi connectivity index (χ3v) is 4.19. The molecule has 0 aliphatic carbocycles. The lowest BCUT2D eigenvalue weighted by Gasteiger charge is -2.18. The number of phenolic OH excluding ortho intramolecular Hbond substituents is 1. The zero-order chi connectivity index (χ0) is 12.5. The van der Waals surface area contributed by atoms with Gasteiger partial charge in [-0.05, 0) is 13.0 Å². The molecule has 2 atom stereocenters. The summed E-state index contributed by atoms with van der Waals surface area (Å²) in [4.78, 5) is 0. The number of rotatable bonds is 3. The van der Waals surface area contributed by atoms with Crippen molar-refractivity contribution in [3.8, 4) is 5.75 Å². The molecular weight excluding hydrogens is 238 g/mol. The van der Waals surface area contributed by atoms with Crippen molar-refractivity contribution in [2.75, 3.05) is 5.75 Å². The van der Waals surface area contributed by atoms with Gasteiger partial charge in [-0.2, -0.15) is 0 Å². The van der Waals surface area contributed by atoms with Gasteiger partial charge in [0.05, 0.1) is 5.75 Å². The number of aromatic hydroxyl groups is 1. The van der Waals surface area contributed by atoms with Crippen molar-refractivity contribution in [3.63, 3.8) is 0 Å². The van der Waals surface area contributed by atoms with Gasteiger partial charge in [-0.1, -0.05) is 24.3 Å². The Bertz CT molecular complexity index is 536. The monoisotopic (exact) mass is 253 g/mol. The van der Waals surface area contributed by atoms with Gasteiger partial charge in [0, 0.05) is 23.1 Å². The third-order valence-electron chi connectivity index (χ3n) is 2.80. The number of hydrogen-bond acceptors (Lipinski definition) is 4. The van der Waals surface area contributed by atoms with Crippen LogP contribution in [0.4, 0.5) is 0 Å². The lowest BCUT2D eigenvalue weighted by molar-refractivity contribution is 0.448. The van der Waals surface area contributed by atoms with Gasteiger partial charge >= 0.3 is 0 Å². The zero-order valence-corrected chi connectivity index (χ0v) is 10.3. The molecule has 92 valence electrons. The molecule has 1 aliphatic rings. The van der Waals surface area contributed by atoms with E-state index in [1.807, 2.05) is 19.1 Å². The van der Waals surface area contributed by atoms with E-state index in [1.165, 1.54) is 5.41 Å². The maximum atomic E-state index is 11.2. The Kier molecular flexibility index (Phi) is 3.22. The van der Waals surface area contributed by atoms with Gasteiger partial charge in [0.1, 0.15) is 5.75 Å². The van der Waals surface area contributed by atoms with Crippen LogP contribution >= 0.6 is 0 Å². The number of hydrogen-bond donors (Lipinski definition) is 2. The minimum atomic E-state index is -3.04. The fourth-order valence-corrected chi connectivity index (χ4v) is 3.19. The van der Waals surface area contributed by atoms with Gasteiger partial charge in [0.25, 0.3) is 0 Å². The molecule has 0 fully saturated rings. The van der Waals surface area contributed by atoms with Crippen molar-refractivity contribution in [1.82, 2.24) is 5.32 Å². The fraction of sp³-hybridized carbons (Fsp3) is 0.333. The minimum Gasteiger partial charge on any atom is -0.508 e. The molecule has 17 heavy (non-hydrogen) atoms. The maximum absolute atomic E-state index is 11.2. The predicted molar refractivity (Wildman–Crippen MR) is 66.4 cm³/mol. The summed E-state index contributed by atoms with van der Waals surface area (Å²) in [6, 6.07) is 6.75. The molecule has 0 spiro atoms. The molecule has 2 rings (SSSR count). The SMILES string of the molecule is CC(NC1C=CS(=O)(=O)C1)c1ccccc1O. The Hall–Kier alpha value is -1.33. The summed E-state index contributed by atoms with van der Waals surface area (Å²) in [6.45, 7) is 1.90. The first-order chi connectivity index (χ1) is 7.98. The molecule has 4 nitrogen and oxygen atoms in total. The lowest BCUT2D eigenvalue weighted by Crippen LogP contribution is -2.32. The van der Waals surface area contributed by atoms with Crippen LogP contribution in [0.5, 0.6) is 5.75 Å². The first-order valence-corrected chi connectivity index (χ1v) is 7.14. The summed E-state index contributed by atoms with van der Waals surface area (Å²) in [5.74, 6) is 0.308. The molecule has 2 N–H and O–H groups in total. The average molecular weight is 253 g/mol. The van der Waals surface area contributed by atoms with Crippen LogP contribution in [0, 0.1) is 0 Å². The van der Waals surface area contributed by atoms with Gasteiger partial charge in [0.2, 0.25) is 0 Å². The molecule has 1 aliphatic heterocycles. The summed E-state index contributed by atoms with van der Waals surface area (Å²) >= 11 is 0. The number of nitrogens with one attached hydrogen (secondary N) is 1. The highest BCUT2D eigenvalue weighted by Crippen LogP contribution is 2.24. The topological polar surface area (TPSA) is 66.4 Å². The molecule has 1 aromatic rings. The van der Waals surface area contributed by atoms with Crippen LogP contribution < -0.4 is 5.32 Å². The molecule has 1 aromatic carbocycles. The molecule has 0 radical (unpaired) electrons. The van der Waals surface area contributed by atoms with Crippen LogP contribution in [0.2, 0.25) is 0 Å². The Morgan fingerprint density at radius 3 is 2.71 bits per heavy atom. The number of para-hydroxylation sites is 1. The standard InChI is InChI=1S/C12H15NO3S/c1-9(11-4-2-3-5-12(11)14)13-10-6-7-17(15,16)8-10/h2-7,9-10,13-14H,8H2,1H3. The molecule has 0 saturated carbocycles. The van der Waals surface area contributed by atoms with Crippen molar-refractivity contribution in [3.05, 3.63) is 41.3 Å². The average Bonchev–Trinajstić information content (AvgIpc) is 2.58. The van der Waals surface area contributed by atoms with E-state index in [1.54, 1.807) is 18.2 Å². The Labute approximate surface area is 101 Å². The third kappa shape index (κ3) is 2.87. The highest BCUT2D eigenvalue weighted by Gasteiger charge is 2.23. The van der Waals surface area contributed by atoms with Crippen molar-refractivity contribution in [1.29, 1.82) is 0 Å². The van der Waals surface area contributed by atoms with Gasteiger partial charge in [-0.25, -0.2) is 8.42 Å². The smallest absolute Gasteiger partial charge is 0.173 e. The Balaban J connectivity index is 2.06. The normalized spacial score (nSPS) is 23.7. The van der Waals surface area contributed by atoms with E-state index in [0.717, 1.165) is 5.56 Å². The van der Waals surface area contributed by atoms with Crippen LogP contribution in [0.25, 0.3) is 0 Å². The number of benzene rings is 1. The molecule has 0 bridgehead atoms. The van der Waals surface area contributed by atoms with Crippen LogP contribution in [0.15, 0.2) is 35.7 Å². The van der Waals surface area contributed by atoms with Gasteiger partial charge in [-0.15, -0.1) is 0 Å². The quantitative estimate of drug-likeness (QED) is 0.853. The predicted octanol–water partition coefficient (Wildman–Crippen LogP) is 1.35. The Morgan fingerprint density at radius 1 is 1.41 bits per heavy atom. The fourth-order valence-electron chi connectivity index (χ4n) is 1.94. The molecule has 0 saturated heterocycles. The highest BCUT2D eigenvalue weighted by molar-refractivity contribution is 7.94. The van der Waals surface area contributed by atoms with Crippen molar-refractivity contribution >= 4 is 9.84 Å². The summed E-state index contributed by atoms with van der Waals surface area (Å²) < 4.78 is 22.5. The maximum Gasteiger partial charge on any atom is 0.173 e. The molecular formula is C12H15NO3S. The van der Waals surface area contributed by atoms with E-state index < -0.39 is 9.84 Å². The van der Waals surface area contributed by atoms with Gasteiger partial charge in [-0.3, -0.25) is 0 Å². The summed E-state index contributed by atoms with van der Waals surface area (Å²) in [6.07, 6.45) is 1.64. The van der Waals surface area contributed by atoms with Crippen molar-refractivity contribution in [2.45, 2.75) is 19.0 Å². The van der Waals surface area contributed by atoms with Crippen LogP contribution in [-0.4, -0.2) is 25.3 Å².